The number of nitrogens with two attached hydrogens (primary N) is 1. The Morgan fingerprint density at radius 3 is 2.67 bits per heavy atom. The van der Waals surface area contributed by atoms with Gasteiger partial charge in [-0.1, -0.05) is 24.3 Å². The van der Waals surface area contributed by atoms with E-state index in [-0.39, 0.29) is 10.8 Å². The summed E-state index contributed by atoms with van der Waals surface area (Å²) in [6.45, 7) is 0.329. The first-order chi connectivity index (χ1) is 14.4. The number of primary sulfonamides is 1. The summed E-state index contributed by atoms with van der Waals surface area (Å²) in [5.74, 6) is 0.176. The Morgan fingerprint density at radius 2 is 1.90 bits per heavy atom. The zero-order valence-corrected chi connectivity index (χ0v) is 16.7. The number of nitrogens with one attached hydrogen (secondary N) is 1. The van der Waals surface area contributed by atoms with Gasteiger partial charge in [0, 0.05) is 23.7 Å². The van der Waals surface area contributed by atoms with Gasteiger partial charge in [0.05, 0.1) is 22.2 Å². The molecule has 0 fully saturated rings. The maximum absolute atomic E-state index is 12.4. The van der Waals surface area contributed by atoms with Crippen LogP contribution in [0.1, 0.15) is 15.9 Å². The molecule has 0 saturated carbocycles. The summed E-state index contributed by atoms with van der Waals surface area (Å²) in [5, 5.41) is 9.10. The molecule has 2 aromatic heterocycles. The number of hydrogen-bond donors (Lipinski definition) is 2. The van der Waals surface area contributed by atoms with Crippen LogP contribution in [0.15, 0.2) is 82.4 Å². The zero-order valence-electron chi connectivity index (χ0n) is 15.9. The smallest absolute Gasteiger partial charge is 0.252 e. The van der Waals surface area contributed by atoms with Gasteiger partial charge < -0.3 is 9.73 Å². The number of benzene rings is 2. The second-order valence-electron chi connectivity index (χ2n) is 6.78. The Bertz CT molecular complexity index is 1320. The van der Waals surface area contributed by atoms with Crippen molar-refractivity contribution < 1.29 is 17.6 Å². The minimum absolute atomic E-state index is 0.0139. The number of furan rings is 1. The van der Waals surface area contributed by atoms with Gasteiger partial charge >= 0.3 is 0 Å². The highest BCUT2D eigenvalue weighted by Crippen LogP contribution is 2.28. The Balaban J connectivity index is 1.47. The molecule has 0 bridgehead atoms. The number of sulfonamides is 1. The summed E-state index contributed by atoms with van der Waals surface area (Å²) in [5.41, 5.74) is 2.41. The highest BCUT2D eigenvalue weighted by atomic mass is 32.2. The summed E-state index contributed by atoms with van der Waals surface area (Å²) in [6.07, 6.45) is 3.44. The van der Waals surface area contributed by atoms with E-state index < -0.39 is 10.0 Å². The number of carbonyl (C=O) groups is 1. The standard InChI is InChI=1S/C22H19N3O4S/c23-30(27,28)21-12-15(7-8-18(21)20-6-3-11-29-20)9-10-24-22(26)17-13-16-4-1-2-5-19(16)25-14-17/h1-8,11-14H,9-10H2,(H,24,26)(H2,23,27,28). The van der Waals surface area contributed by atoms with Crippen molar-refractivity contribution in [3.8, 4) is 11.3 Å². The van der Waals surface area contributed by atoms with E-state index in [1.54, 1.807) is 30.3 Å². The molecule has 4 aromatic rings. The van der Waals surface area contributed by atoms with Gasteiger partial charge in [0.25, 0.3) is 5.91 Å². The molecule has 0 aliphatic carbocycles. The van der Waals surface area contributed by atoms with Crippen LogP contribution in [0.2, 0.25) is 0 Å². The molecule has 0 aliphatic rings. The van der Waals surface area contributed by atoms with E-state index in [4.69, 9.17) is 9.56 Å². The number of hydrogen-bond acceptors (Lipinski definition) is 5. The Hall–Kier alpha value is -3.49. The number of nitrogens with zero attached hydrogens (tertiary/aromatic N) is 1. The molecule has 2 heterocycles. The van der Waals surface area contributed by atoms with E-state index >= 15 is 0 Å². The normalized spacial score (nSPS) is 11.5. The minimum atomic E-state index is -3.94. The van der Waals surface area contributed by atoms with Gasteiger partial charge in [-0.15, -0.1) is 0 Å². The molecule has 3 N–H and O–H groups in total. The Morgan fingerprint density at radius 1 is 1.07 bits per heavy atom. The van der Waals surface area contributed by atoms with Gasteiger partial charge in [0.15, 0.2) is 0 Å². The summed E-state index contributed by atoms with van der Waals surface area (Å²) in [7, 11) is -3.94. The van der Waals surface area contributed by atoms with Crippen molar-refractivity contribution in [2.24, 2.45) is 5.14 Å². The van der Waals surface area contributed by atoms with Crippen LogP contribution >= 0.6 is 0 Å². The van der Waals surface area contributed by atoms with Crippen LogP contribution in [0.5, 0.6) is 0 Å². The van der Waals surface area contributed by atoms with Crippen LogP contribution in [0.4, 0.5) is 0 Å². The second-order valence-corrected chi connectivity index (χ2v) is 8.31. The van der Waals surface area contributed by atoms with E-state index in [0.29, 0.717) is 29.9 Å². The molecule has 8 heteroatoms. The fraction of sp³-hybridized carbons (Fsp3) is 0.0909. The quantitative estimate of drug-likeness (QED) is 0.496. The number of carbonyl (C=O) groups excluding carboxylic acids is 1. The van der Waals surface area contributed by atoms with E-state index in [2.05, 4.69) is 10.3 Å². The van der Waals surface area contributed by atoms with Crippen molar-refractivity contribution in [2.45, 2.75) is 11.3 Å². The first-order valence-corrected chi connectivity index (χ1v) is 10.8. The third-order valence-electron chi connectivity index (χ3n) is 4.69. The molecular weight excluding hydrogens is 402 g/mol. The molecule has 7 nitrogen and oxygen atoms in total. The van der Waals surface area contributed by atoms with Gasteiger partial charge in [-0.3, -0.25) is 9.78 Å². The van der Waals surface area contributed by atoms with Crippen molar-refractivity contribution in [1.82, 2.24) is 10.3 Å². The average Bonchev–Trinajstić information content (AvgIpc) is 3.27. The van der Waals surface area contributed by atoms with Crippen molar-refractivity contribution in [3.63, 3.8) is 0 Å². The third-order valence-corrected chi connectivity index (χ3v) is 5.64. The van der Waals surface area contributed by atoms with Crippen LogP contribution in [0.3, 0.4) is 0 Å². The summed E-state index contributed by atoms with van der Waals surface area (Å²) < 4.78 is 29.4. The van der Waals surface area contributed by atoms with Gasteiger partial charge in [0.1, 0.15) is 5.76 Å². The van der Waals surface area contributed by atoms with Gasteiger partial charge in [-0.05, 0) is 48.4 Å². The average molecular weight is 421 g/mol. The highest BCUT2D eigenvalue weighted by Gasteiger charge is 2.18. The number of rotatable bonds is 6. The number of para-hydroxylation sites is 1. The number of fused-ring (bicyclic) bond motifs is 1. The molecule has 0 atom stereocenters. The lowest BCUT2D eigenvalue weighted by Crippen LogP contribution is -2.26. The monoisotopic (exact) mass is 421 g/mol. The molecular formula is C22H19N3O4S. The van der Waals surface area contributed by atoms with E-state index in [1.807, 2.05) is 24.3 Å². The van der Waals surface area contributed by atoms with Crippen LogP contribution in [-0.2, 0) is 16.4 Å². The highest BCUT2D eigenvalue weighted by molar-refractivity contribution is 7.89. The Kier molecular flexibility index (Phi) is 5.35. The SMILES string of the molecule is NS(=O)(=O)c1cc(CCNC(=O)c2cnc3ccccc3c2)ccc1-c1ccco1. The van der Waals surface area contributed by atoms with Gasteiger partial charge in [0.2, 0.25) is 10.0 Å². The lowest BCUT2D eigenvalue weighted by molar-refractivity contribution is 0.0954. The zero-order chi connectivity index (χ0) is 21.1. The van der Waals surface area contributed by atoms with Crippen LogP contribution in [-0.4, -0.2) is 25.9 Å². The maximum Gasteiger partial charge on any atom is 0.252 e. The summed E-state index contributed by atoms with van der Waals surface area (Å²) in [4.78, 5) is 16.7. The second kappa shape index (κ2) is 8.10. The largest absolute Gasteiger partial charge is 0.464 e. The van der Waals surface area contributed by atoms with Gasteiger partial charge in [-0.2, -0.15) is 0 Å². The molecule has 0 spiro atoms. The third kappa shape index (κ3) is 4.24. The first-order valence-electron chi connectivity index (χ1n) is 9.24. The first kappa shape index (κ1) is 19.8. The predicted molar refractivity (Wildman–Crippen MR) is 113 cm³/mol. The molecule has 0 unspecified atom stereocenters. The maximum atomic E-state index is 12.4. The molecule has 152 valence electrons. The fourth-order valence-corrected chi connectivity index (χ4v) is 4.00. The minimum Gasteiger partial charge on any atom is -0.464 e. The molecule has 0 aliphatic heterocycles. The lowest BCUT2D eigenvalue weighted by Gasteiger charge is -2.10. The molecule has 4 rings (SSSR count). The van der Waals surface area contributed by atoms with Crippen molar-refractivity contribution in [1.29, 1.82) is 0 Å². The lowest BCUT2D eigenvalue weighted by atomic mass is 10.1. The fourth-order valence-electron chi connectivity index (χ4n) is 3.21. The van der Waals surface area contributed by atoms with E-state index in [9.17, 15) is 13.2 Å². The van der Waals surface area contributed by atoms with Gasteiger partial charge in [-0.25, -0.2) is 13.6 Å². The molecule has 1 amide bonds. The van der Waals surface area contributed by atoms with Crippen molar-refractivity contribution in [3.05, 3.63) is 84.3 Å². The van der Waals surface area contributed by atoms with Crippen molar-refractivity contribution >= 4 is 26.8 Å². The molecule has 2 aromatic carbocycles. The van der Waals surface area contributed by atoms with E-state index in [0.717, 1.165) is 16.5 Å². The molecule has 30 heavy (non-hydrogen) atoms. The molecule has 0 saturated heterocycles. The summed E-state index contributed by atoms with van der Waals surface area (Å²) in [6, 6.07) is 17.6. The van der Waals surface area contributed by atoms with Crippen LogP contribution < -0.4 is 10.5 Å². The summed E-state index contributed by atoms with van der Waals surface area (Å²) >= 11 is 0. The predicted octanol–water partition coefficient (Wildman–Crippen LogP) is 3.11. The molecule has 0 radical (unpaired) electrons. The van der Waals surface area contributed by atoms with Crippen LogP contribution in [0, 0.1) is 0 Å². The van der Waals surface area contributed by atoms with Crippen LogP contribution in [0.25, 0.3) is 22.2 Å². The number of aromatic nitrogens is 1. The number of pyridine rings is 1. The number of amides is 1. The Labute approximate surface area is 173 Å². The van der Waals surface area contributed by atoms with Crippen molar-refractivity contribution in [2.75, 3.05) is 6.54 Å². The van der Waals surface area contributed by atoms with E-state index in [1.165, 1.54) is 18.5 Å². The topological polar surface area (TPSA) is 115 Å².